The molecular weight excluding hydrogens is 318 g/mol. The Kier molecular flexibility index (Phi) is 3.98. The number of amides is 3. The lowest BCUT2D eigenvalue weighted by Gasteiger charge is -2.36. The third-order valence-corrected chi connectivity index (χ3v) is 4.50. The third-order valence-electron chi connectivity index (χ3n) is 4.27. The Labute approximate surface area is 140 Å². The number of hydrogen-bond donors (Lipinski definition) is 1. The molecule has 1 saturated heterocycles. The van der Waals surface area contributed by atoms with Crippen LogP contribution in [0.5, 0.6) is 5.75 Å². The van der Waals surface area contributed by atoms with Gasteiger partial charge in [-0.1, -0.05) is 11.6 Å². The van der Waals surface area contributed by atoms with Gasteiger partial charge < -0.3 is 15.0 Å². The summed E-state index contributed by atoms with van der Waals surface area (Å²) in [5, 5.41) is 3.40. The van der Waals surface area contributed by atoms with Crippen LogP contribution in [-0.2, 0) is 10.3 Å². The standard InChI is InChI=1S/C16H20ClN3O3/c1-10-9-16(12-8-11(17)4-5-13(12)23-10)14(21)20(15(22)18-16)7-6-19(2)3/h4-5,8,10H,6-7,9H2,1-3H3,(H,18,22). The summed E-state index contributed by atoms with van der Waals surface area (Å²) < 4.78 is 5.80. The second-order valence-electron chi connectivity index (χ2n) is 6.37. The van der Waals surface area contributed by atoms with Gasteiger partial charge in [-0.3, -0.25) is 9.69 Å². The fourth-order valence-corrected chi connectivity index (χ4v) is 3.36. The van der Waals surface area contributed by atoms with E-state index in [4.69, 9.17) is 16.3 Å². The van der Waals surface area contributed by atoms with E-state index < -0.39 is 5.54 Å². The molecule has 2 atom stereocenters. The predicted octanol–water partition coefficient (Wildman–Crippen LogP) is 1.82. The molecule has 1 aromatic carbocycles. The number of carbonyl (C=O) groups is 2. The monoisotopic (exact) mass is 337 g/mol. The van der Waals surface area contributed by atoms with Gasteiger partial charge in [0, 0.05) is 30.1 Å². The van der Waals surface area contributed by atoms with Crippen molar-refractivity contribution in [3.63, 3.8) is 0 Å². The molecule has 3 rings (SSSR count). The van der Waals surface area contributed by atoms with Crippen LogP contribution in [0.2, 0.25) is 5.02 Å². The quantitative estimate of drug-likeness (QED) is 0.855. The van der Waals surface area contributed by atoms with Gasteiger partial charge >= 0.3 is 6.03 Å². The van der Waals surface area contributed by atoms with Crippen LogP contribution in [0, 0.1) is 0 Å². The number of nitrogens with zero attached hydrogens (tertiary/aromatic N) is 2. The van der Waals surface area contributed by atoms with Gasteiger partial charge in [0.2, 0.25) is 0 Å². The molecule has 0 aromatic heterocycles. The van der Waals surface area contributed by atoms with E-state index in [1.54, 1.807) is 18.2 Å². The van der Waals surface area contributed by atoms with E-state index >= 15 is 0 Å². The maximum Gasteiger partial charge on any atom is 0.325 e. The summed E-state index contributed by atoms with van der Waals surface area (Å²) in [5.74, 6) is 0.360. The minimum absolute atomic E-state index is 0.179. The molecule has 23 heavy (non-hydrogen) atoms. The molecular formula is C16H20ClN3O3. The highest BCUT2D eigenvalue weighted by atomic mass is 35.5. The lowest BCUT2D eigenvalue weighted by atomic mass is 9.82. The number of fused-ring (bicyclic) bond motifs is 2. The zero-order chi connectivity index (χ0) is 16.8. The maximum atomic E-state index is 13.1. The average Bonchev–Trinajstić information content (AvgIpc) is 2.69. The first-order chi connectivity index (χ1) is 10.8. The first kappa shape index (κ1) is 16.1. The van der Waals surface area contributed by atoms with Gasteiger partial charge in [0.05, 0.1) is 6.10 Å². The summed E-state index contributed by atoms with van der Waals surface area (Å²) in [6, 6.07) is 4.81. The van der Waals surface area contributed by atoms with E-state index in [1.165, 1.54) is 4.90 Å². The number of halogens is 1. The van der Waals surface area contributed by atoms with Crippen LogP contribution in [-0.4, -0.2) is 55.0 Å². The summed E-state index contributed by atoms with van der Waals surface area (Å²) >= 11 is 6.10. The molecule has 2 aliphatic rings. The van der Waals surface area contributed by atoms with Crippen LogP contribution in [0.15, 0.2) is 18.2 Å². The number of nitrogens with one attached hydrogen (secondary N) is 1. The summed E-state index contributed by atoms with van der Waals surface area (Å²) in [6.45, 7) is 2.86. The molecule has 0 saturated carbocycles. The number of ether oxygens (including phenoxy) is 1. The number of imide groups is 1. The van der Waals surface area contributed by atoms with Crippen molar-refractivity contribution >= 4 is 23.5 Å². The third kappa shape index (κ3) is 2.66. The molecule has 0 bridgehead atoms. The first-order valence-electron chi connectivity index (χ1n) is 7.59. The number of urea groups is 1. The SMILES string of the molecule is CC1CC2(NC(=O)N(CCN(C)C)C2=O)c2cc(Cl)ccc2O1. The van der Waals surface area contributed by atoms with Gasteiger partial charge in [-0.05, 0) is 39.2 Å². The summed E-state index contributed by atoms with van der Waals surface area (Å²) in [5.41, 5.74) is -0.449. The zero-order valence-corrected chi connectivity index (χ0v) is 14.2. The lowest BCUT2D eigenvalue weighted by molar-refractivity contribution is -0.133. The van der Waals surface area contributed by atoms with Crippen LogP contribution < -0.4 is 10.1 Å². The normalized spacial score (nSPS) is 26.5. The highest BCUT2D eigenvalue weighted by molar-refractivity contribution is 6.30. The molecule has 2 heterocycles. The van der Waals surface area contributed by atoms with E-state index in [9.17, 15) is 9.59 Å². The molecule has 7 heteroatoms. The van der Waals surface area contributed by atoms with Crippen LogP contribution >= 0.6 is 11.6 Å². The summed E-state index contributed by atoms with van der Waals surface area (Å²) in [7, 11) is 3.81. The second-order valence-corrected chi connectivity index (χ2v) is 6.81. The van der Waals surface area contributed by atoms with Gasteiger partial charge in [0.25, 0.3) is 5.91 Å². The largest absolute Gasteiger partial charge is 0.490 e. The van der Waals surface area contributed by atoms with Crippen molar-refractivity contribution in [2.75, 3.05) is 27.2 Å². The first-order valence-corrected chi connectivity index (χ1v) is 7.97. The van der Waals surface area contributed by atoms with Crippen molar-refractivity contribution in [1.82, 2.24) is 15.1 Å². The van der Waals surface area contributed by atoms with E-state index in [0.29, 0.717) is 35.8 Å². The lowest BCUT2D eigenvalue weighted by Crippen LogP contribution is -2.50. The van der Waals surface area contributed by atoms with Gasteiger partial charge in [0.15, 0.2) is 5.54 Å². The molecule has 1 N–H and O–H groups in total. The fraction of sp³-hybridized carbons (Fsp3) is 0.500. The highest BCUT2D eigenvalue weighted by Gasteiger charge is 2.56. The van der Waals surface area contributed by atoms with Crippen LogP contribution in [0.3, 0.4) is 0 Å². The molecule has 3 amide bonds. The Bertz CT molecular complexity index is 664. The highest BCUT2D eigenvalue weighted by Crippen LogP contribution is 2.44. The van der Waals surface area contributed by atoms with Gasteiger partial charge in [-0.2, -0.15) is 0 Å². The minimum Gasteiger partial charge on any atom is -0.490 e. The average molecular weight is 338 g/mol. The van der Waals surface area contributed by atoms with Gasteiger partial charge in [-0.15, -0.1) is 0 Å². The van der Waals surface area contributed by atoms with Crippen LogP contribution in [0.25, 0.3) is 0 Å². The Morgan fingerprint density at radius 3 is 2.87 bits per heavy atom. The van der Waals surface area contributed by atoms with Crippen LogP contribution in [0.1, 0.15) is 18.9 Å². The van der Waals surface area contributed by atoms with Gasteiger partial charge in [-0.25, -0.2) is 4.79 Å². The minimum atomic E-state index is -1.08. The molecule has 1 fully saturated rings. The predicted molar refractivity (Wildman–Crippen MR) is 86.6 cm³/mol. The Balaban J connectivity index is 2.01. The van der Waals surface area contributed by atoms with Crippen molar-refractivity contribution < 1.29 is 14.3 Å². The fourth-order valence-electron chi connectivity index (χ4n) is 3.19. The smallest absolute Gasteiger partial charge is 0.325 e. The van der Waals surface area contributed by atoms with Crippen molar-refractivity contribution in [1.29, 1.82) is 0 Å². The molecule has 2 aliphatic heterocycles. The molecule has 0 radical (unpaired) electrons. The molecule has 124 valence electrons. The van der Waals surface area contributed by atoms with E-state index in [-0.39, 0.29) is 18.0 Å². The number of hydrogen-bond acceptors (Lipinski definition) is 4. The van der Waals surface area contributed by atoms with E-state index in [1.807, 2.05) is 25.9 Å². The molecule has 1 aromatic rings. The van der Waals surface area contributed by atoms with Crippen molar-refractivity contribution in [2.24, 2.45) is 0 Å². The maximum absolute atomic E-state index is 13.1. The Hall–Kier alpha value is -1.79. The van der Waals surface area contributed by atoms with E-state index in [2.05, 4.69) is 5.32 Å². The Morgan fingerprint density at radius 1 is 1.43 bits per heavy atom. The second kappa shape index (κ2) is 5.69. The van der Waals surface area contributed by atoms with Crippen LogP contribution in [0.4, 0.5) is 4.79 Å². The summed E-state index contributed by atoms with van der Waals surface area (Å²) in [6.07, 6.45) is 0.213. The van der Waals surface area contributed by atoms with Crippen molar-refractivity contribution in [2.45, 2.75) is 25.0 Å². The number of carbonyl (C=O) groups excluding carboxylic acids is 2. The molecule has 6 nitrogen and oxygen atoms in total. The number of likely N-dealkylation sites (N-methyl/N-ethyl adjacent to an activating group) is 1. The van der Waals surface area contributed by atoms with Crippen molar-refractivity contribution in [3.8, 4) is 5.75 Å². The van der Waals surface area contributed by atoms with Gasteiger partial charge in [0.1, 0.15) is 5.75 Å². The molecule has 0 aliphatic carbocycles. The summed E-state index contributed by atoms with van der Waals surface area (Å²) in [4.78, 5) is 28.6. The molecule has 1 spiro atoms. The zero-order valence-electron chi connectivity index (χ0n) is 13.4. The van der Waals surface area contributed by atoms with Crippen molar-refractivity contribution in [3.05, 3.63) is 28.8 Å². The Morgan fingerprint density at radius 2 is 2.17 bits per heavy atom. The molecule has 2 unspecified atom stereocenters. The topological polar surface area (TPSA) is 61.9 Å². The van der Waals surface area contributed by atoms with E-state index in [0.717, 1.165) is 0 Å². The number of benzene rings is 1. The number of rotatable bonds is 3.